The maximum Gasteiger partial charge on any atom is 0.251 e. The van der Waals surface area contributed by atoms with Gasteiger partial charge in [0.25, 0.3) is 5.91 Å². The lowest BCUT2D eigenvalue weighted by Gasteiger charge is -2.07. The standard InChI is InChI=1S/C15H18ClNO2/c1-11(2)7-8-17-15(19)13-6-5-12(4-3-9-18)14(16)10-13/h5-6,10-11,18H,7-9H2,1-2H3,(H,17,19). The van der Waals surface area contributed by atoms with Crippen molar-refractivity contribution in [1.29, 1.82) is 0 Å². The van der Waals surface area contributed by atoms with Crippen molar-refractivity contribution in [3.8, 4) is 11.8 Å². The zero-order valence-corrected chi connectivity index (χ0v) is 11.9. The molecule has 0 unspecified atom stereocenters. The highest BCUT2D eigenvalue weighted by atomic mass is 35.5. The third-order valence-corrected chi connectivity index (χ3v) is 2.85. The van der Waals surface area contributed by atoms with Gasteiger partial charge < -0.3 is 10.4 Å². The summed E-state index contributed by atoms with van der Waals surface area (Å²) in [6.45, 7) is 4.66. The topological polar surface area (TPSA) is 49.3 Å². The van der Waals surface area contributed by atoms with Gasteiger partial charge >= 0.3 is 0 Å². The Morgan fingerprint density at radius 2 is 2.21 bits per heavy atom. The van der Waals surface area contributed by atoms with Crippen molar-refractivity contribution in [3.63, 3.8) is 0 Å². The average Bonchev–Trinajstić information content (AvgIpc) is 2.36. The maximum absolute atomic E-state index is 11.9. The number of carbonyl (C=O) groups excluding carboxylic acids is 1. The van der Waals surface area contributed by atoms with E-state index in [1.165, 1.54) is 0 Å². The molecule has 0 saturated carbocycles. The molecule has 0 atom stereocenters. The summed E-state index contributed by atoms with van der Waals surface area (Å²) in [5.74, 6) is 5.67. The van der Waals surface area contributed by atoms with Gasteiger partial charge in [-0.2, -0.15) is 0 Å². The smallest absolute Gasteiger partial charge is 0.251 e. The van der Waals surface area contributed by atoms with Gasteiger partial charge in [0.15, 0.2) is 0 Å². The average molecular weight is 280 g/mol. The Labute approximate surface area is 119 Å². The summed E-state index contributed by atoms with van der Waals surface area (Å²) in [5.41, 5.74) is 1.12. The van der Waals surface area contributed by atoms with E-state index in [0.717, 1.165) is 6.42 Å². The van der Waals surface area contributed by atoms with Gasteiger partial charge in [0.1, 0.15) is 6.61 Å². The van der Waals surface area contributed by atoms with Gasteiger partial charge in [-0.1, -0.05) is 37.3 Å². The molecule has 0 radical (unpaired) electrons. The predicted octanol–water partition coefficient (Wildman–Crippen LogP) is 2.46. The van der Waals surface area contributed by atoms with E-state index in [1.807, 2.05) is 0 Å². The lowest BCUT2D eigenvalue weighted by molar-refractivity contribution is 0.0952. The van der Waals surface area contributed by atoms with Crippen molar-refractivity contribution in [1.82, 2.24) is 5.32 Å². The van der Waals surface area contributed by atoms with Crippen molar-refractivity contribution < 1.29 is 9.90 Å². The zero-order chi connectivity index (χ0) is 14.3. The van der Waals surface area contributed by atoms with Crippen LogP contribution >= 0.6 is 11.6 Å². The highest BCUT2D eigenvalue weighted by Crippen LogP contribution is 2.17. The number of benzene rings is 1. The van der Waals surface area contributed by atoms with Crippen LogP contribution in [0.4, 0.5) is 0 Å². The summed E-state index contributed by atoms with van der Waals surface area (Å²) in [4.78, 5) is 11.9. The summed E-state index contributed by atoms with van der Waals surface area (Å²) in [5, 5.41) is 11.9. The molecule has 3 nitrogen and oxygen atoms in total. The van der Waals surface area contributed by atoms with Crippen molar-refractivity contribution in [3.05, 3.63) is 34.3 Å². The van der Waals surface area contributed by atoms with Gasteiger partial charge in [-0.25, -0.2) is 0 Å². The Morgan fingerprint density at radius 3 is 2.79 bits per heavy atom. The summed E-state index contributed by atoms with van der Waals surface area (Å²) in [6.07, 6.45) is 0.944. The van der Waals surface area contributed by atoms with E-state index in [2.05, 4.69) is 31.0 Å². The van der Waals surface area contributed by atoms with Gasteiger partial charge in [0, 0.05) is 17.7 Å². The van der Waals surface area contributed by atoms with Gasteiger partial charge in [0.2, 0.25) is 0 Å². The van der Waals surface area contributed by atoms with Gasteiger partial charge in [-0.3, -0.25) is 4.79 Å². The van der Waals surface area contributed by atoms with Gasteiger partial charge in [-0.05, 0) is 30.5 Å². The van der Waals surface area contributed by atoms with E-state index in [4.69, 9.17) is 16.7 Å². The number of aliphatic hydroxyl groups excluding tert-OH is 1. The molecule has 1 rings (SSSR count). The van der Waals surface area contributed by atoms with Crippen LogP contribution in [0.2, 0.25) is 5.02 Å². The van der Waals surface area contributed by atoms with E-state index < -0.39 is 0 Å². The summed E-state index contributed by atoms with van der Waals surface area (Å²) < 4.78 is 0. The molecule has 0 saturated heterocycles. The van der Waals surface area contributed by atoms with Crippen LogP contribution < -0.4 is 5.32 Å². The molecule has 0 aromatic heterocycles. The van der Waals surface area contributed by atoms with Gasteiger partial charge in [0.05, 0.1) is 5.02 Å². The number of nitrogens with one attached hydrogen (secondary N) is 1. The van der Waals surface area contributed by atoms with Crippen LogP contribution in [0.5, 0.6) is 0 Å². The molecule has 102 valence electrons. The lowest BCUT2D eigenvalue weighted by Crippen LogP contribution is -2.25. The van der Waals surface area contributed by atoms with Gasteiger partial charge in [-0.15, -0.1) is 0 Å². The second-order valence-corrected chi connectivity index (χ2v) is 5.00. The second kappa shape index (κ2) is 7.83. The van der Waals surface area contributed by atoms with Crippen molar-refractivity contribution in [2.75, 3.05) is 13.2 Å². The first-order valence-corrected chi connectivity index (χ1v) is 6.60. The Morgan fingerprint density at radius 1 is 1.47 bits per heavy atom. The third kappa shape index (κ3) is 5.34. The summed E-state index contributed by atoms with van der Waals surface area (Å²) in [6, 6.07) is 4.95. The monoisotopic (exact) mass is 279 g/mol. The molecule has 0 heterocycles. The molecule has 0 aliphatic carbocycles. The first kappa shape index (κ1) is 15.6. The van der Waals surface area contributed by atoms with E-state index in [9.17, 15) is 4.79 Å². The molecule has 0 bridgehead atoms. The van der Waals surface area contributed by atoms with Crippen LogP contribution in [-0.2, 0) is 0 Å². The van der Waals surface area contributed by atoms with E-state index >= 15 is 0 Å². The second-order valence-electron chi connectivity index (χ2n) is 4.59. The lowest BCUT2D eigenvalue weighted by atomic mass is 10.1. The molecule has 19 heavy (non-hydrogen) atoms. The van der Waals surface area contributed by atoms with Crippen LogP contribution in [0.15, 0.2) is 18.2 Å². The first-order valence-electron chi connectivity index (χ1n) is 6.22. The molecule has 0 aliphatic heterocycles. The minimum absolute atomic E-state index is 0.135. The zero-order valence-electron chi connectivity index (χ0n) is 11.2. The Kier molecular flexibility index (Phi) is 6.41. The van der Waals surface area contributed by atoms with Crippen LogP contribution in [-0.4, -0.2) is 24.2 Å². The van der Waals surface area contributed by atoms with E-state index in [0.29, 0.717) is 28.6 Å². The molecule has 2 N–H and O–H groups in total. The van der Waals surface area contributed by atoms with Crippen LogP contribution in [0, 0.1) is 17.8 Å². The quantitative estimate of drug-likeness (QED) is 0.832. The minimum Gasteiger partial charge on any atom is -0.384 e. The molecule has 1 aromatic carbocycles. The molecule has 0 aliphatic rings. The van der Waals surface area contributed by atoms with Crippen LogP contribution in [0.1, 0.15) is 36.2 Å². The number of aliphatic hydroxyl groups is 1. The third-order valence-electron chi connectivity index (χ3n) is 2.54. The highest BCUT2D eigenvalue weighted by molar-refractivity contribution is 6.32. The number of halogens is 1. The van der Waals surface area contributed by atoms with Crippen LogP contribution in [0.3, 0.4) is 0 Å². The fourth-order valence-electron chi connectivity index (χ4n) is 1.47. The molecule has 1 amide bonds. The van der Waals surface area contributed by atoms with Crippen molar-refractivity contribution in [2.24, 2.45) is 5.92 Å². The number of hydrogen-bond donors (Lipinski definition) is 2. The fraction of sp³-hybridized carbons (Fsp3) is 0.400. The first-order chi connectivity index (χ1) is 9.04. The number of hydrogen-bond acceptors (Lipinski definition) is 2. The Balaban J connectivity index is 2.69. The minimum atomic E-state index is -0.215. The molecular weight excluding hydrogens is 262 g/mol. The number of rotatable bonds is 4. The van der Waals surface area contributed by atoms with E-state index in [1.54, 1.807) is 18.2 Å². The van der Waals surface area contributed by atoms with Crippen molar-refractivity contribution >= 4 is 17.5 Å². The predicted molar refractivity (Wildman–Crippen MR) is 77.2 cm³/mol. The normalized spacial score (nSPS) is 9.95. The van der Waals surface area contributed by atoms with E-state index in [-0.39, 0.29) is 12.5 Å². The molecule has 0 fully saturated rings. The number of amides is 1. The number of carbonyl (C=O) groups is 1. The summed E-state index contributed by atoms with van der Waals surface area (Å²) in [7, 11) is 0. The Bertz CT molecular complexity index is 501. The summed E-state index contributed by atoms with van der Waals surface area (Å²) >= 11 is 6.03. The molecular formula is C15H18ClNO2. The molecule has 4 heteroatoms. The Hall–Kier alpha value is -1.50. The molecule has 0 spiro atoms. The fourth-order valence-corrected chi connectivity index (χ4v) is 1.70. The highest BCUT2D eigenvalue weighted by Gasteiger charge is 2.07. The maximum atomic E-state index is 11.9. The van der Waals surface area contributed by atoms with Crippen LogP contribution in [0.25, 0.3) is 0 Å². The SMILES string of the molecule is CC(C)CCNC(=O)c1ccc(C#CCO)c(Cl)c1. The largest absolute Gasteiger partial charge is 0.384 e. The van der Waals surface area contributed by atoms with Crippen molar-refractivity contribution in [2.45, 2.75) is 20.3 Å². The molecule has 1 aromatic rings.